The van der Waals surface area contributed by atoms with Crippen molar-refractivity contribution in [1.82, 2.24) is 19.8 Å². The summed E-state index contributed by atoms with van der Waals surface area (Å²) in [5.41, 5.74) is 0. The molecule has 1 aliphatic heterocycles. The summed E-state index contributed by atoms with van der Waals surface area (Å²) < 4.78 is 25.6. The maximum atomic E-state index is 11.7. The Morgan fingerprint density at radius 1 is 1.53 bits per heavy atom. The largest absolute Gasteiger partial charge is 0.284 e. The van der Waals surface area contributed by atoms with Gasteiger partial charge in [0.2, 0.25) is 11.8 Å². The smallest absolute Gasteiger partial charge is 0.258 e. The molecule has 1 unspecified atom stereocenters. The number of H-pyrrole nitrogens is 1. The third kappa shape index (κ3) is 2.06. The number of aromatic nitrogens is 2. The second-order valence-electron chi connectivity index (χ2n) is 3.59. The number of amides is 2. The maximum Gasteiger partial charge on any atom is 0.258 e. The summed E-state index contributed by atoms with van der Waals surface area (Å²) in [6, 6.07) is 0.216. The lowest BCUT2D eigenvalue weighted by molar-refractivity contribution is -0.137. The second-order valence-corrected chi connectivity index (χ2v) is 5.27. The van der Waals surface area contributed by atoms with E-state index in [1.54, 1.807) is 0 Å². The van der Waals surface area contributed by atoms with Gasteiger partial charge >= 0.3 is 0 Å². The average Bonchev–Trinajstić information content (AvgIpc) is 2.85. The lowest BCUT2D eigenvalue weighted by Gasteiger charge is -2.10. The first-order valence-electron chi connectivity index (χ1n) is 4.74. The van der Waals surface area contributed by atoms with Crippen LogP contribution in [0.2, 0.25) is 0 Å². The van der Waals surface area contributed by atoms with Gasteiger partial charge in [-0.2, -0.15) is 9.82 Å². The van der Waals surface area contributed by atoms with Crippen molar-refractivity contribution in [3.8, 4) is 0 Å². The predicted molar refractivity (Wildman–Crippen MR) is 55.1 cm³/mol. The monoisotopic (exact) mass is 258 g/mol. The Kier molecular flexibility index (Phi) is 2.71. The maximum absolute atomic E-state index is 11.7. The molecule has 1 aromatic heterocycles. The molecule has 17 heavy (non-hydrogen) atoms. The van der Waals surface area contributed by atoms with E-state index in [9.17, 15) is 18.0 Å². The molecular formula is C8H10N4O4S. The van der Waals surface area contributed by atoms with Crippen molar-refractivity contribution in [2.75, 3.05) is 7.05 Å². The summed E-state index contributed by atoms with van der Waals surface area (Å²) in [5, 5.41) is 5.64. The summed E-state index contributed by atoms with van der Waals surface area (Å²) in [7, 11) is -2.53. The SMILES string of the molecule is CN1C(=O)CC(NS(=O)(=O)c2ccn[nH]2)C1=O. The van der Waals surface area contributed by atoms with Crippen LogP contribution in [0, 0.1) is 0 Å². The van der Waals surface area contributed by atoms with Crippen LogP contribution in [0.1, 0.15) is 6.42 Å². The van der Waals surface area contributed by atoms with E-state index in [4.69, 9.17) is 0 Å². The van der Waals surface area contributed by atoms with Gasteiger partial charge in [0, 0.05) is 7.05 Å². The van der Waals surface area contributed by atoms with Gasteiger partial charge in [-0.15, -0.1) is 0 Å². The topological polar surface area (TPSA) is 112 Å². The first kappa shape index (κ1) is 11.7. The van der Waals surface area contributed by atoms with Crippen LogP contribution in [-0.4, -0.2) is 48.4 Å². The van der Waals surface area contributed by atoms with Gasteiger partial charge in [0.15, 0.2) is 5.03 Å². The summed E-state index contributed by atoms with van der Waals surface area (Å²) in [5.74, 6) is -0.967. The Morgan fingerprint density at radius 3 is 2.71 bits per heavy atom. The number of hydrogen-bond donors (Lipinski definition) is 2. The molecule has 1 aliphatic rings. The van der Waals surface area contributed by atoms with Gasteiger partial charge in [-0.25, -0.2) is 8.42 Å². The van der Waals surface area contributed by atoms with E-state index < -0.39 is 27.9 Å². The fourth-order valence-electron chi connectivity index (χ4n) is 1.49. The number of aromatic amines is 1. The van der Waals surface area contributed by atoms with Crippen molar-refractivity contribution in [2.45, 2.75) is 17.5 Å². The van der Waals surface area contributed by atoms with E-state index in [2.05, 4.69) is 14.9 Å². The van der Waals surface area contributed by atoms with Gasteiger partial charge in [-0.1, -0.05) is 0 Å². The number of hydrogen-bond acceptors (Lipinski definition) is 5. The zero-order chi connectivity index (χ0) is 12.6. The molecule has 1 saturated heterocycles. The van der Waals surface area contributed by atoms with Crippen LogP contribution in [0.4, 0.5) is 0 Å². The highest BCUT2D eigenvalue weighted by Gasteiger charge is 2.38. The molecule has 9 heteroatoms. The highest BCUT2D eigenvalue weighted by molar-refractivity contribution is 7.89. The molecular weight excluding hydrogens is 248 g/mol. The number of nitrogens with one attached hydrogen (secondary N) is 2. The molecule has 2 heterocycles. The molecule has 0 aliphatic carbocycles. The minimum absolute atomic E-state index is 0.146. The number of nitrogens with zero attached hydrogens (tertiary/aromatic N) is 2. The van der Waals surface area contributed by atoms with Crippen molar-refractivity contribution in [3.05, 3.63) is 12.3 Å². The quantitative estimate of drug-likeness (QED) is 0.637. The van der Waals surface area contributed by atoms with Gasteiger partial charge in [0.25, 0.3) is 10.0 Å². The summed E-state index contributed by atoms with van der Waals surface area (Å²) in [4.78, 5) is 23.6. The Labute approximate surface area is 97.0 Å². The molecule has 0 saturated carbocycles. The Morgan fingerprint density at radius 2 is 2.24 bits per heavy atom. The van der Waals surface area contributed by atoms with E-state index in [1.807, 2.05) is 0 Å². The number of likely N-dealkylation sites (N-methyl/N-ethyl adjacent to an activating group) is 1. The Balaban J connectivity index is 2.18. The number of imide groups is 1. The van der Waals surface area contributed by atoms with Crippen LogP contribution in [0.25, 0.3) is 0 Å². The van der Waals surface area contributed by atoms with Crippen LogP contribution >= 0.6 is 0 Å². The third-order valence-corrected chi connectivity index (χ3v) is 3.84. The lowest BCUT2D eigenvalue weighted by Crippen LogP contribution is -2.40. The number of carbonyl (C=O) groups is 2. The normalized spacial score (nSPS) is 21.2. The summed E-state index contributed by atoms with van der Waals surface area (Å²) in [6.07, 6.45) is 1.12. The zero-order valence-electron chi connectivity index (χ0n) is 8.87. The van der Waals surface area contributed by atoms with Crippen LogP contribution in [0.5, 0.6) is 0 Å². The Bertz CT molecular complexity index is 550. The number of likely N-dealkylation sites (tertiary alicyclic amines) is 1. The van der Waals surface area contributed by atoms with Gasteiger partial charge in [0.05, 0.1) is 12.6 Å². The van der Waals surface area contributed by atoms with Crippen molar-refractivity contribution >= 4 is 21.8 Å². The van der Waals surface area contributed by atoms with Crippen LogP contribution < -0.4 is 4.72 Å². The van der Waals surface area contributed by atoms with Crippen LogP contribution in [-0.2, 0) is 19.6 Å². The molecule has 2 amide bonds. The summed E-state index contributed by atoms with van der Waals surface area (Å²) in [6.45, 7) is 0. The van der Waals surface area contributed by atoms with Crippen molar-refractivity contribution in [2.24, 2.45) is 0 Å². The number of rotatable bonds is 3. The van der Waals surface area contributed by atoms with Crippen molar-refractivity contribution in [1.29, 1.82) is 0 Å². The van der Waals surface area contributed by atoms with E-state index >= 15 is 0 Å². The van der Waals surface area contributed by atoms with Gasteiger partial charge in [-0.3, -0.25) is 19.6 Å². The molecule has 0 aromatic carbocycles. The molecule has 1 fully saturated rings. The van der Waals surface area contributed by atoms with E-state index in [0.717, 1.165) is 4.90 Å². The zero-order valence-corrected chi connectivity index (χ0v) is 9.69. The molecule has 92 valence electrons. The fourth-order valence-corrected chi connectivity index (χ4v) is 2.59. The highest BCUT2D eigenvalue weighted by atomic mass is 32.2. The molecule has 0 spiro atoms. The highest BCUT2D eigenvalue weighted by Crippen LogP contribution is 2.13. The van der Waals surface area contributed by atoms with Crippen molar-refractivity contribution < 1.29 is 18.0 Å². The minimum Gasteiger partial charge on any atom is -0.284 e. The van der Waals surface area contributed by atoms with Gasteiger partial charge in [-0.05, 0) is 6.07 Å². The first-order chi connectivity index (χ1) is 7.92. The molecule has 0 radical (unpaired) electrons. The molecule has 8 nitrogen and oxygen atoms in total. The molecule has 1 atom stereocenters. The van der Waals surface area contributed by atoms with Crippen molar-refractivity contribution in [3.63, 3.8) is 0 Å². The first-order valence-corrected chi connectivity index (χ1v) is 6.22. The summed E-state index contributed by atoms with van der Waals surface area (Å²) >= 11 is 0. The van der Waals surface area contributed by atoms with Gasteiger partial charge < -0.3 is 0 Å². The molecule has 1 aromatic rings. The van der Waals surface area contributed by atoms with E-state index in [0.29, 0.717) is 0 Å². The molecule has 0 bridgehead atoms. The second kappa shape index (κ2) is 3.93. The van der Waals surface area contributed by atoms with Crippen LogP contribution in [0.3, 0.4) is 0 Å². The van der Waals surface area contributed by atoms with Gasteiger partial charge in [0.1, 0.15) is 6.04 Å². The lowest BCUT2D eigenvalue weighted by atomic mass is 10.3. The van der Waals surface area contributed by atoms with E-state index in [-0.39, 0.29) is 11.4 Å². The molecule has 2 rings (SSSR count). The molecule has 2 N–H and O–H groups in total. The van der Waals surface area contributed by atoms with E-state index in [1.165, 1.54) is 19.3 Å². The number of sulfonamides is 1. The number of carbonyl (C=O) groups excluding carboxylic acids is 2. The minimum atomic E-state index is -3.85. The fraction of sp³-hybridized carbons (Fsp3) is 0.375. The Hall–Kier alpha value is -1.74. The van der Waals surface area contributed by atoms with Crippen LogP contribution in [0.15, 0.2) is 17.3 Å². The third-order valence-electron chi connectivity index (χ3n) is 2.44. The predicted octanol–water partition coefficient (Wildman–Crippen LogP) is -1.55. The average molecular weight is 258 g/mol. The standard InChI is InChI=1S/C8H10N4O4S/c1-12-7(13)4-5(8(12)14)11-17(15,16)6-2-3-9-10-6/h2-3,5,11H,4H2,1H3,(H,9,10).